The molecule has 1 aliphatic rings. The van der Waals surface area contributed by atoms with Gasteiger partial charge in [-0.05, 0) is 12.5 Å². The Morgan fingerprint density at radius 2 is 2.09 bits per heavy atom. The molecule has 0 radical (unpaired) electrons. The minimum atomic E-state index is 0.767. The molecule has 1 rings (SSSR count). The third-order valence-corrected chi connectivity index (χ3v) is 1.40. The smallest absolute Gasteiger partial charge is 0.119 e. The monoisotopic (exact) mass is 155 g/mol. The fourth-order valence-corrected chi connectivity index (χ4v) is 0.882. The van der Waals surface area contributed by atoms with Crippen LogP contribution in [0.25, 0.3) is 0 Å². The predicted octanol–water partition coefficient (Wildman–Crippen LogP) is 2.18. The highest BCUT2D eigenvalue weighted by Gasteiger charge is 2.03. The second-order valence-electron chi connectivity index (χ2n) is 2.02. The lowest BCUT2D eigenvalue weighted by atomic mass is 10.1. The summed E-state index contributed by atoms with van der Waals surface area (Å²) in [5, 5.41) is 0. The zero-order chi connectivity index (χ0) is 8.69. The second-order valence-corrected chi connectivity index (χ2v) is 2.02. The summed E-state index contributed by atoms with van der Waals surface area (Å²) in [7, 11) is 1.65. The third-order valence-electron chi connectivity index (χ3n) is 1.40. The first-order valence-electron chi connectivity index (χ1n) is 4.03. The van der Waals surface area contributed by atoms with Crippen LogP contribution in [0.4, 0.5) is 0 Å². The van der Waals surface area contributed by atoms with Gasteiger partial charge in [-0.15, -0.1) is 0 Å². The van der Waals surface area contributed by atoms with Gasteiger partial charge in [-0.25, -0.2) is 0 Å². The van der Waals surface area contributed by atoms with Gasteiger partial charge in [0.25, 0.3) is 0 Å². The lowest BCUT2D eigenvalue weighted by molar-refractivity contribution is 0.272. The van der Waals surface area contributed by atoms with Gasteiger partial charge in [0.2, 0.25) is 0 Å². The van der Waals surface area contributed by atoms with Crippen LogP contribution in [-0.2, 0) is 4.74 Å². The zero-order valence-corrected chi connectivity index (χ0v) is 7.55. The standard InChI is InChI=1S/C7H11NO.C2H6/c1-9-7-5-3-2-4-6(7)8;1-2/h2,4H,3,5,8H2,1H3;1-2H3. The van der Waals surface area contributed by atoms with Crippen LogP contribution in [0.3, 0.4) is 0 Å². The van der Waals surface area contributed by atoms with E-state index in [1.807, 2.05) is 19.9 Å². The average Bonchev–Trinajstić information content (AvgIpc) is 2.09. The lowest BCUT2D eigenvalue weighted by Gasteiger charge is -2.10. The number of methoxy groups -OCH3 is 1. The summed E-state index contributed by atoms with van der Waals surface area (Å²) in [6.07, 6.45) is 5.93. The summed E-state index contributed by atoms with van der Waals surface area (Å²) in [4.78, 5) is 0. The van der Waals surface area contributed by atoms with Crippen molar-refractivity contribution < 1.29 is 4.74 Å². The van der Waals surface area contributed by atoms with Crippen molar-refractivity contribution in [2.75, 3.05) is 7.11 Å². The quantitative estimate of drug-likeness (QED) is 0.630. The minimum Gasteiger partial charge on any atom is -0.499 e. The van der Waals surface area contributed by atoms with Crippen molar-refractivity contribution in [1.82, 2.24) is 0 Å². The molecule has 0 amide bonds. The highest BCUT2D eigenvalue weighted by Crippen LogP contribution is 2.14. The predicted molar refractivity (Wildman–Crippen MR) is 47.9 cm³/mol. The Bertz CT molecular complexity index is 159. The molecule has 2 N–H and O–H groups in total. The van der Waals surface area contributed by atoms with Gasteiger partial charge in [0.1, 0.15) is 5.76 Å². The van der Waals surface area contributed by atoms with Crippen LogP contribution in [0.5, 0.6) is 0 Å². The number of hydrogen-bond donors (Lipinski definition) is 1. The molecule has 1 aliphatic carbocycles. The fourth-order valence-electron chi connectivity index (χ4n) is 0.882. The van der Waals surface area contributed by atoms with E-state index in [4.69, 9.17) is 10.5 Å². The van der Waals surface area contributed by atoms with Gasteiger partial charge in [0, 0.05) is 6.42 Å². The second kappa shape index (κ2) is 5.83. The van der Waals surface area contributed by atoms with Crippen molar-refractivity contribution >= 4 is 0 Å². The van der Waals surface area contributed by atoms with E-state index >= 15 is 0 Å². The molecule has 0 bridgehead atoms. The maximum absolute atomic E-state index is 5.56. The summed E-state index contributed by atoms with van der Waals surface area (Å²) in [6.45, 7) is 4.00. The molecule has 0 heterocycles. The molecule has 2 nitrogen and oxygen atoms in total. The Balaban J connectivity index is 0.000000461. The molecule has 0 aliphatic heterocycles. The summed E-state index contributed by atoms with van der Waals surface area (Å²) in [6, 6.07) is 0. The molecule has 0 saturated carbocycles. The van der Waals surface area contributed by atoms with E-state index in [1.165, 1.54) is 0 Å². The van der Waals surface area contributed by atoms with Crippen molar-refractivity contribution in [3.8, 4) is 0 Å². The summed E-state index contributed by atoms with van der Waals surface area (Å²) >= 11 is 0. The van der Waals surface area contributed by atoms with E-state index in [0.717, 1.165) is 24.3 Å². The van der Waals surface area contributed by atoms with Crippen LogP contribution in [0, 0.1) is 0 Å². The van der Waals surface area contributed by atoms with Crippen LogP contribution in [-0.4, -0.2) is 7.11 Å². The molecule has 0 aromatic carbocycles. The van der Waals surface area contributed by atoms with Crippen LogP contribution < -0.4 is 5.73 Å². The molecule has 2 heteroatoms. The van der Waals surface area contributed by atoms with Crippen molar-refractivity contribution in [3.63, 3.8) is 0 Å². The first kappa shape index (κ1) is 10.1. The number of hydrogen-bond acceptors (Lipinski definition) is 2. The topological polar surface area (TPSA) is 35.2 Å². The maximum Gasteiger partial charge on any atom is 0.119 e. The van der Waals surface area contributed by atoms with Crippen LogP contribution in [0.2, 0.25) is 0 Å². The van der Waals surface area contributed by atoms with Crippen molar-refractivity contribution in [1.29, 1.82) is 0 Å². The summed E-state index contributed by atoms with van der Waals surface area (Å²) in [5.41, 5.74) is 6.32. The van der Waals surface area contributed by atoms with Gasteiger partial charge >= 0.3 is 0 Å². The molecule has 0 unspecified atom stereocenters. The van der Waals surface area contributed by atoms with Gasteiger partial charge < -0.3 is 10.5 Å². The van der Waals surface area contributed by atoms with E-state index in [1.54, 1.807) is 7.11 Å². The van der Waals surface area contributed by atoms with E-state index in [2.05, 4.69) is 6.08 Å². The first-order chi connectivity index (χ1) is 5.34. The zero-order valence-electron chi connectivity index (χ0n) is 7.55. The van der Waals surface area contributed by atoms with E-state index in [9.17, 15) is 0 Å². The summed E-state index contributed by atoms with van der Waals surface area (Å²) in [5.74, 6) is 0.914. The molecule has 0 spiro atoms. The molecular weight excluding hydrogens is 138 g/mol. The van der Waals surface area contributed by atoms with Crippen LogP contribution in [0.1, 0.15) is 26.7 Å². The highest BCUT2D eigenvalue weighted by molar-refractivity contribution is 5.22. The molecular formula is C9H17NO. The Kier molecular flexibility index (Phi) is 5.35. The average molecular weight is 155 g/mol. The number of rotatable bonds is 1. The molecule has 0 aromatic rings. The van der Waals surface area contributed by atoms with E-state index in [0.29, 0.717) is 0 Å². The van der Waals surface area contributed by atoms with Crippen LogP contribution >= 0.6 is 0 Å². The SMILES string of the molecule is CC.COC1=C(N)C=CCC1. The minimum absolute atomic E-state index is 0.767. The van der Waals surface area contributed by atoms with Crippen molar-refractivity contribution in [2.24, 2.45) is 5.73 Å². The van der Waals surface area contributed by atoms with E-state index < -0.39 is 0 Å². The Morgan fingerprint density at radius 1 is 1.45 bits per heavy atom. The third kappa shape index (κ3) is 3.12. The van der Waals surface area contributed by atoms with Crippen molar-refractivity contribution in [3.05, 3.63) is 23.6 Å². The number of nitrogens with two attached hydrogens (primary N) is 1. The maximum atomic E-state index is 5.56. The number of ether oxygens (including phenoxy) is 1. The van der Waals surface area contributed by atoms with Gasteiger partial charge in [-0.2, -0.15) is 0 Å². The van der Waals surface area contributed by atoms with Crippen molar-refractivity contribution in [2.45, 2.75) is 26.7 Å². The van der Waals surface area contributed by atoms with E-state index in [-0.39, 0.29) is 0 Å². The van der Waals surface area contributed by atoms with Crippen LogP contribution in [0.15, 0.2) is 23.6 Å². The first-order valence-corrected chi connectivity index (χ1v) is 4.03. The molecule has 0 atom stereocenters. The van der Waals surface area contributed by atoms with Gasteiger partial charge in [-0.3, -0.25) is 0 Å². The Morgan fingerprint density at radius 3 is 2.45 bits per heavy atom. The molecule has 64 valence electrons. The molecule has 11 heavy (non-hydrogen) atoms. The fraction of sp³-hybridized carbons (Fsp3) is 0.556. The Labute approximate surface area is 68.7 Å². The highest BCUT2D eigenvalue weighted by atomic mass is 16.5. The molecule has 0 fully saturated rings. The molecule has 0 saturated heterocycles. The lowest BCUT2D eigenvalue weighted by Crippen LogP contribution is -2.04. The van der Waals surface area contributed by atoms with Gasteiger partial charge in [0.15, 0.2) is 0 Å². The number of allylic oxidation sites excluding steroid dienone is 3. The largest absolute Gasteiger partial charge is 0.499 e. The molecule has 0 aromatic heterocycles. The normalized spacial score (nSPS) is 15.5. The summed E-state index contributed by atoms with van der Waals surface area (Å²) < 4.78 is 5.01. The van der Waals surface area contributed by atoms with Gasteiger partial charge in [-0.1, -0.05) is 19.9 Å². The van der Waals surface area contributed by atoms with Gasteiger partial charge in [0.05, 0.1) is 12.8 Å². The Hall–Kier alpha value is -0.920.